The first-order chi connectivity index (χ1) is 14.8. The summed E-state index contributed by atoms with van der Waals surface area (Å²) >= 11 is 14.4. The lowest BCUT2D eigenvalue weighted by Crippen LogP contribution is -2.65. The first-order valence-electron chi connectivity index (χ1n) is 10.0. The third kappa shape index (κ3) is 2.73. The molecule has 7 heteroatoms. The largest absolute Gasteiger partial charge is 0.364 e. The molecule has 158 valence electrons. The third-order valence-corrected chi connectivity index (χ3v) is 7.42. The Morgan fingerprint density at radius 2 is 1.42 bits per heavy atom. The Balaban J connectivity index is 1.80. The molecule has 5 rings (SSSR count). The van der Waals surface area contributed by atoms with Crippen LogP contribution in [0.3, 0.4) is 0 Å². The molecule has 2 amide bonds. The van der Waals surface area contributed by atoms with Gasteiger partial charge in [-0.1, -0.05) is 42.6 Å². The van der Waals surface area contributed by atoms with Crippen LogP contribution in [0, 0.1) is 3.57 Å². The summed E-state index contributed by atoms with van der Waals surface area (Å²) in [6.07, 6.45) is 1.40. The normalized spacial score (nSPS) is 24.1. The van der Waals surface area contributed by atoms with Gasteiger partial charge in [0.2, 0.25) is 5.72 Å². The minimum absolute atomic E-state index is 0.285. The Hall–Kier alpha value is -1.80. The highest BCUT2D eigenvalue weighted by Gasteiger charge is 2.76. The first-order valence-corrected chi connectivity index (χ1v) is 11.9. The van der Waals surface area contributed by atoms with Crippen LogP contribution in [0.5, 0.6) is 0 Å². The Kier molecular flexibility index (Phi) is 5.01. The predicted octanol–water partition coefficient (Wildman–Crippen LogP) is 6.90. The van der Waals surface area contributed by atoms with Gasteiger partial charge < -0.3 is 5.11 Å². The highest BCUT2D eigenvalue weighted by molar-refractivity contribution is 14.1. The lowest BCUT2D eigenvalue weighted by molar-refractivity contribution is -0.0567. The molecule has 0 spiro atoms. The molecule has 2 atom stereocenters. The Bertz CT molecular complexity index is 1190. The van der Waals surface area contributed by atoms with Crippen molar-refractivity contribution in [1.29, 1.82) is 0 Å². The molecule has 3 aromatic carbocycles. The SMILES string of the molecule is CCCC12c3ccc(I)cc3C1(O)N(c1ccc(Cl)cc1)C(=O)N2c1ccc(Cl)cc1. The molecule has 1 N–H and O–H groups in total. The van der Waals surface area contributed by atoms with E-state index in [2.05, 4.69) is 29.5 Å². The Morgan fingerprint density at radius 3 is 1.97 bits per heavy atom. The molecule has 4 nitrogen and oxygen atoms in total. The summed E-state index contributed by atoms with van der Waals surface area (Å²) in [5.41, 5.74) is 0.598. The maximum absolute atomic E-state index is 14.0. The second-order valence-corrected chi connectivity index (χ2v) is 10.00. The number of urea groups is 1. The predicted molar refractivity (Wildman–Crippen MR) is 133 cm³/mol. The van der Waals surface area contributed by atoms with Crippen LogP contribution in [0.4, 0.5) is 16.2 Å². The summed E-state index contributed by atoms with van der Waals surface area (Å²) in [5, 5.41) is 13.5. The van der Waals surface area contributed by atoms with Gasteiger partial charge in [0.1, 0.15) is 5.54 Å². The van der Waals surface area contributed by atoms with Crippen molar-refractivity contribution in [2.24, 2.45) is 0 Å². The molecular weight excluding hydrogens is 546 g/mol. The molecule has 1 heterocycles. The van der Waals surface area contributed by atoms with Gasteiger partial charge in [-0.05, 0) is 95.2 Å². The monoisotopic (exact) mass is 564 g/mol. The molecular formula is C24H19Cl2IN2O2. The van der Waals surface area contributed by atoms with Gasteiger partial charge in [-0.25, -0.2) is 4.79 Å². The van der Waals surface area contributed by atoms with Gasteiger partial charge in [-0.3, -0.25) is 9.80 Å². The number of hydrogen-bond acceptors (Lipinski definition) is 2. The summed E-state index contributed by atoms with van der Waals surface area (Å²) in [5.74, 6) is 0. The second-order valence-electron chi connectivity index (χ2n) is 7.88. The number of carbonyl (C=O) groups is 1. The van der Waals surface area contributed by atoms with Crippen molar-refractivity contribution in [2.45, 2.75) is 31.0 Å². The minimum atomic E-state index is -1.51. The number of amides is 2. The molecule has 0 aromatic heterocycles. The van der Waals surface area contributed by atoms with Crippen LogP contribution < -0.4 is 9.80 Å². The maximum atomic E-state index is 14.0. The van der Waals surface area contributed by atoms with E-state index in [9.17, 15) is 9.90 Å². The van der Waals surface area contributed by atoms with Crippen LogP contribution in [0.25, 0.3) is 0 Å². The number of nitrogens with zero attached hydrogens (tertiary/aromatic N) is 2. The number of fused-ring (bicyclic) bond motifs is 4. The summed E-state index contributed by atoms with van der Waals surface area (Å²) in [6.45, 7) is 2.06. The Labute approximate surface area is 204 Å². The van der Waals surface area contributed by atoms with Crippen LogP contribution in [-0.2, 0) is 11.3 Å². The van der Waals surface area contributed by atoms with Gasteiger partial charge in [-0.2, -0.15) is 0 Å². The zero-order chi connectivity index (χ0) is 22.0. The Morgan fingerprint density at radius 1 is 0.871 bits per heavy atom. The average molecular weight is 565 g/mol. The highest BCUT2D eigenvalue weighted by Crippen LogP contribution is 2.66. The zero-order valence-electron chi connectivity index (χ0n) is 16.6. The van der Waals surface area contributed by atoms with Crippen LogP contribution in [0.2, 0.25) is 10.0 Å². The van der Waals surface area contributed by atoms with Crippen molar-refractivity contribution in [3.8, 4) is 0 Å². The van der Waals surface area contributed by atoms with Crippen LogP contribution in [-0.4, -0.2) is 11.1 Å². The van der Waals surface area contributed by atoms with Crippen molar-refractivity contribution in [1.82, 2.24) is 0 Å². The maximum Gasteiger partial charge on any atom is 0.332 e. The van der Waals surface area contributed by atoms with Gasteiger partial charge in [0.15, 0.2) is 0 Å². The second kappa shape index (κ2) is 7.37. The van der Waals surface area contributed by atoms with Crippen molar-refractivity contribution < 1.29 is 9.90 Å². The van der Waals surface area contributed by atoms with E-state index < -0.39 is 11.3 Å². The molecule has 0 saturated carbocycles. The van der Waals surface area contributed by atoms with Gasteiger partial charge in [0, 0.05) is 30.6 Å². The van der Waals surface area contributed by atoms with E-state index in [1.54, 1.807) is 41.3 Å². The topological polar surface area (TPSA) is 43.8 Å². The quantitative estimate of drug-likeness (QED) is 0.350. The van der Waals surface area contributed by atoms with E-state index in [0.29, 0.717) is 27.8 Å². The minimum Gasteiger partial charge on any atom is -0.364 e. The smallest absolute Gasteiger partial charge is 0.332 e. The number of aliphatic hydroxyl groups is 1. The van der Waals surface area contributed by atoms with E-state index in [4.69, 9.17) is 23.2 Å². The van der Waals surface area contributed by atoms with E-state index in [1.807, 2.05) is 30.3 Å². The van der Waals surface area contributed by atoms with E-state index in [1.165, 1.54) is 4.90 Å². The lowest BCUT2D eigenvalue weighted by atomic mass is 9.60. The van der Waals surface area contributed by atoms with E-state index >= 15 is 0 Å². The standard InChI is InChI=1S/C24H19Cl2IN2O2/c1-2-13-23-20-12-7-17(27)14-21(20)24(23,31)29(19-10-5-16(26)6-11-19)22(30)28(23)18-8-3-15(25)4-9-18/h3-12,14,31H,2,13H2,1H3. The molecule has 0 radical (unpaired) electrons. The van der Waals surface area contributed by atoms with E-state index in [0.717, 1.165) is 21.1 Å². The zero-order valence-corrected chi connectivity index (χ0v) is 20.3. The van der Waals surface area contributed by atoms with Crippen molar-refractivity contribution in [3.05, 3.63) is 91.5 Å². The summed E-state index contributed by atoms with van der Waals surface area (Å²) in [6, 6.07) is 19.9. The van der Waals surface area contributed by atoms with Gasteiger partial charge in [0.25, 0.3) is 0 Å². The fourth-order valence-electron chi connectivity index (χ4n) is 5.09. The van der Waals surface area contributed by atoms with Gasteiger partial charge in [-0.15, -0.1) is 0 Å². The number of rotatable bonds is 4. The van der Waals surface area contributed by atoms with Gasteiger partial charge >= 0.3 is 6.03 Å². The highest BCUT2D eigenvalue weighted by atomic mass is 127. The summed E-state index contributed by atoms with van der Waals surface area (Å²) in [4.78, 5) is 17.2. The molecule has 1 aliphatic heterocycles. The lowest BCUT2D eigenvalue weighted by Gasteiger charge is -2.56. The number of hydrogen-bond donors (Lipinski definition) is 1. The van der Waals surface area contributed by atoms with E-state index in [-0.39, 0.29) is 6.03 Å². The van der Waals surface area contributed by atoms with Crippen LogP contribution in [0.15, 0.2) is 66.7 Å². The number of anilines is 2. The number of benzene rings is 3. The molecule has 1 saturated heterocycles. The van der Waals surface area contributed by atoms with Crippen molar-refractivity contribution >= 4 is 63.2 Å². The van der Waals surface area contributed by atoms with Crippen LogP contribution in [0.1, 0.15) is 30.9 Å². The molecule has 31 heavy (non-hydrogen) atoms. The van der Waals surface area contributed by atoms with Gasteiger partial charge in [0.05, 0.1) is 0 Å². The van der Waals surface area contributed by atoms with Crippen molar-refractivity contribution in [2.75, 3.05) is 9.80 Å². The molecule has 2 aliphatic rings. The molecule has 3 aromatic rings. The number of halogens is 3. The molecule has 2 unspecified atom stereocenters. The molecule has 1 aliphatic carbocycles. The fraction of sp³-hybridized carbons (Fsp3) is 0.208. The summed E-state index contributed by atoms with van der Waals surface area (Å²) < 4.78 is 1.00. The average Bonchev–Trinajstić information content (AvgIpc) is 2.91. The number of carbonyl (C=O) groups excluding carboxylic acids is 1. The fourth-order valence-corrected chi connectivity index (χ4v) is 5.83. The van der Waals surface area contributed by atoms with Crippen molar-refractivity contribution in [3.63, 3.8) is 0 Å². The molecule has 0 bridgehead atoms. The molecule has 1 fully saturated rings. The van der Waals surface area contributed by atoms with Crippen LogP contribution >= 0.6 is 45.8 Å². The first kappa shape index (κ1) is 21.1. The summed E-state index contributed by atoms with van der Waals surface area (Å²) in [7, 11) is 0. The third-order valence-electron chi connectivity index (χ3n) is 6.25.